The Balaban J connectivity index is 0.0000000918. The summed E-state index contributed by atoms with van der Waals surface area (Å²) in [6.45, 7) is 14.6. The molecule has 24 heteroatoms. The van der Waals surface area contributed by atoms with Gasteiger partial charge in [-0.05, 0) is 395 Å². The Bertz CT molecular complexity index is 9370. The zero-order valence-electron chi connectivity index (χ0n) is 81.2. The van der Waals surface area contributed by atoms with Gasteiger partial charge in [-0.15, -0.1) is 0 Å². The van der Waals surface area contributed by atoms with Crippen molar-refractivity contribution < 1.29 is 9.90 Å². The van der Waals surface area contributed by atoms with Gasteiger partial charge in [-0.25, -0.2) is 29.7 Å². The standard InChI is InChI=1S/2C24H19N5.C24H20N4O2.2C24H22N4/c2*1-13-18-10-14(6-7-21(18)29-28-13)24-17-5-3-2-4-16(17)23-19-11-15(12-25)26-20(19)8-9-22(23)27-24;1-12-16-10-13(6-7-19(16)28-27-12)23-15-5-3-2-4-14(15)22-17-11-21(24(29)30)25-18(17)8-9-20(22)26-23;2*1-13-11-19-20(25-13)9-10-22-23(19)16-5-3-4-6-17(16)24(26-22)15-7-8-21-18(12-15)14(2)27-28-21/h2*6-11,27H,2-5H2,1H3,(H,28,29);6-11,25H,2-5H2,1H3,(H,27,28)(H,29,30);2*7-12,25H,3-6H2,1-2H3,(H,27,28). The first-order valence-electron chi connectivity index (χ1n) is 50.5. The van der Waals surface area contributed by atoms with Crippen LogP contribution in [0.15, 0.2) is 182 Å². The number of nitrogens with zero attached hydrogens (tertiary/aromatic N) is 12. The number of pyridine rings is 5. The second kappa shape index (κ2) is 34.6. The van der Waals surface area contributed by atoms with Crippen molar-refractivity contribution in [3.8, 4) is 68.4 Å². The molecule has 24 nitrogen and oxygen atoms in total. The molecule has 25 aromatic rings. The van der Waals surface area contributed by atoms with Crippen molar-refractivity contribution in [2.45, 2.75) is 177 Å². The van der Waals surface area contributed by atoms with Crippen LogP contribution >= 0.6 is 0 Å². The highest BCUT2D eigenvalue weighted by Crippen LogP contribution is 2.48. The van der Waals surface area contributed by atoms with Crippen LogP contribution < -0.4 is 0 Å². The normalized spacial score (nSPS) is 14.0. The van der Waals surface area contributed by atoms with E-state index in [-0.39, 0.29) is 5.69 Å². The summed E-state index contributed by atoms with van der Waals surface area (Å²) in [5.74, 6) is -0.943. The molecule has 11 N–H and O–H groups in total. The van der Waals surface area contributed by atoms with Crippen LogP contribution in [0.5, 0.6) is 0 Å². The molecule has 0 spiro atoms. The van der Waals surface area contributed by atoms with E-state index in [0.29, 0.717) is 11.4 Å². The summed E-state index contributed by atoms with van der Waals surface area (Å²) in [5.41, 5.74) is 50.1. The SMILES string of the molecule is Cc1[nH]nc2ccc(-c3[nH]c4ccc5nc(C#N)cc5c4c4c3CCCC4)cc12.Cc1[nH]nc2ccc(-c3[nH]c4ccc5nc(C#N)cc5c4c4c3CCCC4)cc12.Cc1[nH]nc2ccc(-c3nc4ccc5[nH]c(C(=O)O)cc5c4c4c3CCCC4)cc12.Cc1cc2c(ccc3nc(-c4ccc5n[nH]c(C)c5c4)c4c(c32)CCCC4)[nH]1.Cc1cc2c(ccc3nc(-c4ccc5n[nH]c(C)c5c4)c4c(c32)CCCC4)[nH]1. The molecule has 10 aromatic carbocycles. The maximum Gasteiger partial charge on any atom is 0.352 e. The fourth-order valence-corrected chi connectivity index (χ4v) is 24.4. The third-order valence-electron chi connectivity index (χ3n) is 31.2. The lowest BCUT2D eigenvalue weighted by atomic mass is 9.85. The topological polar surface area (TPSA) is 372 Å². The Labute approximate surface area is 825 Å². The summed E-state index contributed by atoms with van der Waals surface area (Å²) in [7, 11) is 0. The molecule has 0 bridgehead atoms. The molecule has 0 radical (unpaired) electrons. The van der Waals surface area contributed by atoms with Gasteiger partial charge in [-0.1, -0.05) is 30.3 Å². The lowest BCUT2D eigenvalue weighted by molar-refractivity contribution is 0.0691. The number of aryl methyl sites for hydroxylation is 12. The smallest absolute Gasteiger partial charge is 0.352 e. The van der Waals surface area contributed by atoms with Crippen LogP contribution in [-0.4, -0.2) is 112 Å². The number of benzene rings is 10. The summed E-state index contributed by atoms with van der Waals surface area (Å²) < 4.78 is 0. The molecule has 15 heterocycles. The zero-order chi connectivity index (χ0) is 97.1. The maximum absolute atomic E-state index is 11.5. The number of fused-ring (bicyclic) bond motifs is 30. The second-order valence-electron chi connectivity index (χ2n) is 40.1. The molecule has 0 amide bonds. The number of hydrogen-bond donors (Lipinski definition) is 11. The third kappa shape index (κ3) is 14.7. The van der Waals surface area contributed by atoms with Crippen molar-refractivity contribution in [1.82, 2.24) is 101 Å². The number of nitriles is 2. The Morgan fingerprint density at radius 3 is 0.854 bits per heavy atom. The number of carbonyl (C=O) groups is 1. The molecule has 0 unspecified atom stereocenters. The van der Waals surface area contributed by atoms with Crippen molar-refractivity contribution in [2.24, 2.45) is 0 Å². The van der Waals surface area contributed by atoms with Gasteiger partial charge in [-0.3, -0.25) is 25.5 Å². The van der Waals surface area contributed by atoms with Crippen molar-refractivity contribution in [3.05, 3.63) is 295 Å². The molecule has 704 valence electrons. The number of nitrogens with one attached hydrogen (secondary N) is 10. The number of aromatic nitrogens is 20. The van der Waals surface area contributed by atoms with Crippen molar-refractivity contribution in [1.29, 1.82) is 10.5 Å². The van der Waals surface area contributed by atoms with E-state index in [1.807, 2.05) is 49.4 Å². The van der Waals surface area contributed by atoms with Crippen LogP contribution in [0.3, 0.4) is 0 Å². The Kier molecular flexibility index (Phi) is 20.9. The van der Waals surface area contributed by atoms with Crippen LogP contribution in [0.1, 0.15) is 182 Å². The van der Waals surface area contributed by atoms with Gasteiger partial charge in [-0.2, -0.15) is 36.0 Å². The lowest BCUT2D eigenvalue weighted by Crippen LogP contribution is -2.07. The number of carboxylic acids is 1. The largest absolute Gasteiger partial charge is 0.477 e. The van der Waals surface area contributed by atoms with Gasteiger partial charge in [0, 0.05) is 176 Å². The van der Waals surface area contributed by atoms with Crippen LogP contribution in [-0.2, 0) is 64.2 Å². The predicted molar refractivity (Wildman–Crippen MR) is 576 cm³/mol. The van der Waals surface area contributed by atoms with Crippen LogP contribution in [0, 0.1) is 71.1 Å². The number of H-pyrrole nitrogens is 10. The molecular weight excluding hydrogens is 1780 g/mol. The molecule has 144 heavy (non-hydrogen) atoms. The highest BCUT2D eigenvalue weighted by Gasteiger charge is 2.30. The van der Waals surface area contributed by atoms with Gasteiger partial charge >= 0.3 is 5.97 Å². The number of hydrogen-bond acceptors (Lipinski definition) is 13. The van der Waals surface area contributed by atoms with Gasteiger partial charge < -0.3 is 30.0 Å². The van der Waals surface area contributed by atoms with E-state index in [2.05, 4.69) is 273 Å². The molecule has 0 saturated heterocycles. The van der Waals surface area contributed by atoms with Gasteiger partial charge in [0.05, 0.1) is 72.2 Å². The Morgan fingerprint density at radius 2 is 0.528 bits per heavy atom. The molecular formula is C120H102N22O2. The first-order valence-corrected chi connectivity index (χ1v) is 50.5. The number of aromatic amines is 10. The van der Waals surface area contributed by atoms with E-state index < -0.39 is 5.97 Å². The van der Waals surface area contributed by atoms with E-state index in [4.69, 9.17) is 15.0 Å². The Hall–Kier alpha value is -17.3. The molecule has 0 fully saturated rings. The van der Waals surface area contributed by atoms with E-state index in [1.54, 1.807) is 6.07 Å². The van der Waals surface area contributed by atoms with Crippen LogP contribution in [0.4, 0.5) is 0 Å². The highest BCUT2D eigenvalue weighted by atomic mass is 16.4. The third-order valence-corrected chi connectivity index (χ3v) is 31.2. The van der Waals surface area contributed by atoms with Gasteiger partial charge in [0.1, 0.15) is 29.2 Å². The molecule has 5 aliphatic carbocycles. The minimum absolute atomic E-state index is 0.215. The minimum atomic E-state index is -0.943. The van der Waals surface area contributed by atoms with Gasteiger partial charge in [0.25, 0.3) is 0 Å². The molecule has 0 atom stereocenters. The maximum atomic E-state index is 11.5. The van der Waals surface area contributed by atoms with Crippen LogP contribution in [0.2, 0.25) is 0 Å². The first kappa shape index (κ1) is 87.0. The fraction of sp³-hybridized carbons (Fsp3) is 0.225. The molecule has 15 aromatic heterocycles. The number of carboxylic acid groups (broad SMARTS) is 1. The van der Waals surface area contributed by atoms with Crippen molar-refractivity contribution in [2.75, 3.05) is 0 Å². The average molecular weight is 1880 g/mol. The Morgan fingerprint density at radius 1 is 0.257 bits per heavy atom. The quantitative estimate of drug-likeness (QED) is 0.0737. The lowest BCUT2D eigenvalue weighted by Gasteiger charge is -2.23. The summed E-state index contributed by atoms with van der Waals surface area (Å²) in [5, 5.41) is 83.1. The molecule has 5 aliphatic rings. The number of aromatic carboxylic acids is 1. The van der Waals surface area contributed by atoms with Gasteiger partial charge in [0.2, 0.25) is 0 Å². The zero-order valence-corrected chi connectivity index (χ0v) is 81.2. The van der Waals surface area contributed by atoms with E-state index in [9.17, 15) is 20.4 Å². The average Bonchev–Trinajstić information content (AvgIpc) is 1.46. The van der Waals surface area contributed by atoms with Crippen molar-refractivity contribution in [3.63, 3.8) is 0 Å². The summed E-state index contributed by atoms with van der Waals surface area (Å²) in [6, 6.07) is 67.7. The van der Waals surface area contributed by atoms with E-state index in [0.717, 1.165) is 238 Å². The van der Waals surface area contributed by atoms with E-state index >= 15 is 0 Å². The fourth-order valence-electron chi connectivity index (χ4n) is 24.4. The number of rotatable bonds is 6. The van der Waals surface area contributed by atoms with Gasteiger partial charge in [0.15, 0.2) is 0 Å². The van der Waals surface area contributed by atoms with E-state index in [1.165, 1.54) is 206 Å². The highest BCUT2D eigenvalue weighted by molar-refractivity contribution is 6.15. The minimum Gasteiger partial charge on any atom is -0.477 e. The first-order chi connectivity index (χ1) is 70.4. The summed E-state index contributed by atoms with van der Waals surface area (Å²) >= 11 is 0. The summed E-state index contributed by atoms with van der Waals surface area (Å²) in [4.78, 5) is 53.4. The second-order valence-corrected chi connectivity index (χ2v) is 40.1. The summed E-state index contributed by atoms with van der Waals surface area (Å²) in [6.07, 6.45) is 22.8. The molecule has 0 saturated carbocycles. The molecule has 30 rings (SSSR count). The van der Waals surface area contributed by atoms with Crippen LogP contribution in [0.25, 0.3) is 220 Å². The van der Waals surface area contributed by atoms with Crippen molar-refractivity contribution >= 4 is 170 Å². The molecule has 0 aliphatic heterocycles. The monoisotopic (exact) mass is 1880 g/mol. The predicted octanol–water partition coefficient (Wildman–Crippen LogP) is 27.3.